The zero-order valence-electron chi connectivity index (χ0n) is 18.7. The molecule has 0 fully saturated rings. The lowest BCUT2D eigenvalue weighted by Crippen LogP contribution is -2.58. The van der Waals surface area contributed by atoms with Crippen LogP contribution in [0.4, 0.5) is 0 Å². The molecule has 0 rings (SSSR count). The molecule has 3 amide bonds. The van der Waals surface area contributed by atoms with Crippen molar-refractivity contribution in [2.24, 2.45) is 23.3 Å². The Labute approximate surface area is 178 Å². The fraction of sp³-hybridized carbons (Fsp3) is 0.800. The minimum atomic E-state index is -1.14. The molecule has 174 valence electrons. The number of nitrogens with two attached hydrogens (primary N) is 2. The number of aliphatic carboxylic acids is 1. The summed E-state index contributed by atoms with van der Waals surface area (Å²) >= 11 is 0. The van der Waals surface area contributed by atoms with Crippen LogP contribution in [0.15, 0.2) is 0 Å². The molecule has 0 aliphatic rings. The van der Waals surface area contributed by atoms with E-state index < -0.39 is 47.9 Å². The SMILES string of the molecule is CCC(C)C(NC(=O)C(C)NC(=O)C(N)C(C)C)C(=O)NC(CCCCN)C(=O)O. The van der Waals surface area contributed by atoms with Crippen molar-refractivity contribution in [1.29, 1.82) is 0 Å². The third kappa shape index (κ3) is 9.53. The average Bonchev–Trinajstić information content (AvgIpc) is 2.69. The number of rotatable bonds is 14. The van der Waals surface area contributed by atoms with Crippen molar-refractivity contribution in [3.05, 3.63) is 0 Å². The smallest absolute Gasteiger partial charge is 0.326 e. The van der Waals surface area contributed by atoms with Crippen molar-refractivity contribution < 1.29 is 24.3 Å². The highest BCUT2D eigenvalue weighted by atomic mass is 16.4. The number of carbonyl (C=O) groups is 4. The summed E-state index contributed by atoms with van der Waals surface area (Å²) in [4.78, 5) is 48.9. The molecule has 0 heterocycles. The van der Waals surface area contributed by atoms with Crippen LogP contribution in [-0.4, -0.2) is 59.5 Å². The zero-order valence-corrected chi connectivity index (χ0v) is 18.7. The van der Waals surface area contributed by atoms with Crippen LogP contribution in [0, 0.1) is 11.8 Å². The van der Waals surface area contributed by atoms with Crippen LogP contribution in [0.2, 0.25) is 0 Å². The van der Waals surface area contributed by atoms with E-state index in [0.717, 1.165) is 0 Å². The zero-order chi connectivity index (χ0) is 23.4. The molecule has 10 heteroatoms. The largest absolute Gasteiger partial charge is 0.480 e. The molecule has 0 aromatic carbocycles. The lowest BCUT2D eigenvalue weighted by Gasteiger charge is -2.27. The van der Waals surface area contributed by atoms with Crippen molar-refractivity contribution >= 4 is 23.7 Å². The minimum Gasteiger partial charge on any atom is -0.480 e. The van der Waals surface area contributed by atoms with Gasteiger partial charge in [0, 0.05) is 0 Å². The first-order valence-electron chi connectivity index (χ1n) is 10.6. The summed E-state index contributed by atoms with van der Waals surface area (Å²) in [5, 5.41) is 17.1. The van der Waals surface area contributed by atoms with E-state index in [1.807, 2.05) is 6.92 Å². The quantitative estimate of drug-likeness (QED) is 0.205. The van der Waals surface area contributed by atoms with Crippen LogP contribution < -0.4 is 27.4 Å². The van der Waals surface area contributed by atoms with Gasteiger partial charge < -0.3 is 32.5 Å². The first-order valence-corrected chi connectivity index (χ1v) is 10.6. The molecule has 0 aromatic rings. The van der Waals surface area contributed by atoms with Gasteiger partial charge in [-0.25, -0.2) is 4.79 Å². The predicted molar refractivity (Wildman–Crippen MR) is 114 cm³/mol. The highest BCUT2D eigenvalue weighted by Gasteiger charge is 2.31. The van der Waals surface area contributed by atoms with Crippen LogP contribution in [0.25, 0.3) is 0 Å². The second-order valence-corrected chi connectivity index (χ2v) is 8.06. The molecule has 5 unspecified atom stereocenters. The molecular weight excluding hydrogens is 390 g/mol. The second-order valence-electron chi connectivity index (χ2n) is 8.06. The van der Waals surface area contributed by atoms with E-state index in [2.05, 4.69) is 16.0 Å². The minimum absolute atomic E-state index is 0.0916. The number of carbonyl (C=O) groups excluding carboxylic acids is 3. The highest BCUT2D eigenvalue weighted by Crippen LogP contribution is 2.10. The maximum Gasteiger partial charge on any atom is 0.326 e. The van der Waals surface area contributed by atoms with E-state index >= 15 is 0 Å². The number of carboxylic acids is 1. The van der Waals surface area contributed by atoms with Gasteiger partial charge in [-0.05, 0) is 44.6 Å². The molecule has 0 bridgehead atoms. The number of carboxylic acid groups (broad SMARTS) is 1. The Kier molecular flexibility index (Phi) is 12.9. The molecule has 0 aliphatic carbocycles. The molecule has 0 saturated heterocycles. The van der Waals surface area contributed by atoms with Crippen LogP contribution in [0.3, 0.4) is 0 Å². The van der Waals surface area contributed by atoms with Crippen LogP contribution in [0.1, 0.15) is 60.3 Å². The molecule has 0 aromatic heterocycles. The van der Waals surface area contributed by atoms with E-state index in [9.17, 15) is 24.3 Å². The molecule has 30 heavy (non-hydrogen) atoms. The first-order chi connectivity index (χ1) is 14.0. The van der Waals surface area contributed by atoms with Gasteiger partial charge in [0.05, 0.1) is 6.04 Å². The summed E-state index contributed by atoms with van der Waals surface area (Å²) in [6, 6.07) is -3.65. The van der Waals surface area contributed by atoms with E-state index in [-0.39, 0.29) is 18.3 Å². The summed E-state index contributed by atoms with van der Waals surface area (Å²) in [5.41, 5.74) is 11.2. The fourth-order valence-corrected chi connectivity index (χ4v) is 2.67. The Morgan fingerprint density at radius 2 is 1.50 bits per heavy atom. The Morgan fingerprint density at radius 3 is 1.97 bits per heavy atom. The van der Waals surface area contributed by atoms with Gasteiger partial charge in [0.15, 0.2) is 0 Å². The topological polar surface area (TPSA) is 177 Å². The molecule has 5 atom stereocenters. The van der Waals surface area contributed by atoms with E-state index in [1.54, 1.807) is 20.8 Å². The monoisotopic (exact) mass is 429 g/mol. The predicted octanol–water partition coefficient (Wildman–Crippen LogP) is -0.296. The second kappa shape index (κ2) is 13.9. The maximum atomic E-state index is 12.7. The van der Waals surface area contributed by atoms with Crippen molar-refractivity contribution in [2.75, 3.05) is 6.54 Å². The average molecular weight is 430 g/mol. The molecule has 0 radical (unpaired) electrons. The Hall–Kier alpha value is -2.20. The highest BCUT2D eigenvalue weighted by molar-refractivity contribution is 5.94. The normalized spacial score (nSPS) is 16.1. The third-order valence-electron chi connectivity index (χ3n) is 5.13. The molecule has 0 aliphatic heterocycles. The maximum absolute atomic E-state index is 12.7. The summed E-state index contributed by atoms with van der Waals surface area (Å²) in [5.74, 6) is -3.05. The summed E-state index contributed by atoms with van der Waals surface area (Å²) < 4.78 is 0. The third-order valence-corrected chi connectivity index (χ3v) is 5.13. The first kappa shape index (κ1) is 27.8. The van der Waals surface area contributed by atoms with Gasteiger partial charge in [0.25, 0.3) is 0 Å². The van der Waals surface area contributed by atoms with Crippen molar-refractivity contribution in [3.8, 4) is 0 Å². The summed E-state index contributed by atoms with van der Waals surface area (Å²) in [7, 11) is 0. The van der Waals surface area contributed by atoms with Gasteiger partial charge in [0.2, 0.25) is 17.7 Å². The van der Waals surface area contributed by atoms with Crippen LogP contribution in [0.5, 0.6) is 0 Å². The van der Waals surface area contributed by atoms with Crippen molar-refractivity contribution in [3.63, 3.8) is 0 Å². The molecule has 0 spiro atoms. The van der Waals surface area contributed by atoms with Crippen molar-refractivity contribution in [2.45, 2.75) is 84.5 Å². The summed E-state index contributed by atoms with van der Waals surface area (Å²) in [6.45, 7) is 9.18. The van der Waals surface area contributed by atoms with Crippen molar-refractivity contribution in [1.82, 2.24) is 16.0 Å². The standard InChI is InChI=1S/C20H39N5O5/c1-6-12(4)16(19(28)24-14(20(29)30)9-7-8-10-21)25-17(26)13(5)23-18(27)15(22)11(2)3/h11-16H,6-10,21-22H2,1-5H3,(H,23,27)(H,24,28)(H,25,26)(H,29,30). The number of hydrogen-bond acceptors (Lipinski definition) is 6. The van der Waals surface area contributed by atoms with Gasteiger partial charge in [-0.1, -0.05) is 34.1 Å². The van der Waals surface area contributed by atoms with Crippen LogP contribution >= 0.6 is 0 Å². The van der Waals surface area contributed by atoms with Gasteiger partial charge in [-0.2, -0.15) is 0 Å². The van der Waals surface area contributed by atoms with Gasteiger partial charge in [-0.15, -0.1) is 0 Å². The lowest BCUT2D eigenvalue weighted by atomic mass is 9.97. The van der Waals surface area contributed by atoms with E-state index in [4.69, 9.17) is 11.5 Å². The number of unbranched alkanes of at least 4 members (excludes halogenated alkanes) is 1. The summed E-state index contributed by atoms with van der Waals surface area (Å²) in [6.07, 6.45) is 2.05. The molecule has 8 N–H and O–H groups in total. The Morgan fingerprint density at radius 1 is 0.900 bits per heavy atom. The Balaban J connectivity index is 5.13. The van der Waals surface area contributed by atoms with Gasteiger partial charge in [-0.3, -0.25) is 14.4 Å². The number of nitrogens with one attached hydrogen (secondary N) is 3. The molecular formula is C20H39N5O5. The fourth-order valence-electron chi connectivity index (χ4n) is 2.67. The molecule has 10 nitrogen and oxygen atoms in total. The van der Waals surface area contributed by atoms with E-state index in [1.165, 1.54) is 6.92 Å². The van der Waals surface area contributed by atoms with Crippen LogP contribution in [-0.2, 0) is 19.2 Å². The van der Waals surface area contributed by atoms with Gasteiger partial charge in [0.1, 0.15) is 18.1 Å². The lowest BCUT2D eigenvalue weighted by molar-refractivity contribution is -0.143. The molecule has 0 saturated carbocycles. The van der Waals surface area contributed by atoms with Gasteiger partial charge >= 0.3 is 5.97 Å². The number of amides is 3. The Bertz CT molecular complexity index is 584. The number of hydrogen-bond donors (Lipinski definition) is 6. The van der Waals surface area contributed by atoms with E-state index in [0.29, 0.717) is 25.8 Å².